The van der Waals surface area contributed by atoms with Crippen LogP contribution in [0.25, 0.3) is 21.9 Å². The smallest absolute Gasteiger partial charge is 0.169 e. The van der Waals surface area contributed by atoms with Crippen LogP contribution < -0.4 is 9.64 Å². The lowest BCUT2D eigenvalue weighted by molar-refractivity contribution is 0.445. The maximum Gasteiger partial charge on any atom is 0.169 e. The molecule has 0 unspecified atom stereocenters. The Balaban J connectivity index is 1.66. The Bertz CT molecular complexity index is 1110. The van der Waals surface area contributed by atoms with E-state index < -0.39 is 0 Å². The Morgan fingerprint density at radius 2 is 1.96 bits per heavy atom. The number of para-hydroxylation sites is 1. The van der Waals surface area contributed by atoms with Crippen molar-refractivity contribution >= 4 is 27.6 Å². The number of anilines is 1. The molecule has 0 amide bonds. The summed E-state index contributed by atoms with van der Waals surface area (Å²) in [6.45, 7) is 4.26. The summed E-state index contributed by atoms with van der Waals surface area (Å²) in [6.07, 6.45) is 7.59. The van der Waals surface area contributed by atoms with E-state index in [0.717, 1.165) is 70.7 Å². The topological polar surface area (TPSA) is 54.3 Å². The summed E-state index contributed by atoms with van der Waals surface area (Å²) in [5.74, 6) is 1.71. The van der Waals surface area contributed by atoms with Gasteiger partial charge in [0, 0.05) is 24.7 Å². The second kappa shape index (κ2) is 7.23. The first-order valence-corrected chi connectivity index (χ1v) is 10.3. The monoisotopic (exact) mass is 375 g/mol. The van der Waals surface area contributed by atoms with Gasteiger partial charge < -0.3 is 19.1 Å². The van der Waals surface area contributed by atoms with Crippen LogP contribution in [0.15, 0.2) is 47.1 Å². The average molecular weight is 375 g/mol. The fourth-order valence-corrected chi connectivity index (χ4v) is 4.24. The van der Waals surface area contributed by atoms with Gasteiger partial charge in [-0.05, 0) is 49.9 Å². The van der Waals surface area contributed by atoms with Gasteiger partial charge in [-0.15, -0.1) is 0 Å². The number of piperidine rings is 1. The molecule has 1 aliphatic heterocycles. The minimum absolute atomic E-state index is 0.841. The molecule has 0 atom stereocenters. The van der Waals surface area contributed by atoms with Crippen LogP contribution in [0.3, 0.4) is 0 Å². The number of nitrogens with zero attached hydrogens (tertiary/aromatic N) is 2. The lowest BCUT2D eigenvalue weighted by Crippen LogP contribution is -2.30. The third-order valence-electron chi connectivity index (χ3n) is 5.57. The number of hydrogen-bond donors (Lipinski definition) is 1. The lowest BCUT2D eigenvalue weighted by Gasteiger charge is -2.31. The third-order valence-corrected chi connectivity index (χ3v) is 5.57. The zero-order valence-electron chi connectivity index (χ0n) is 16.2. The lowest BCUT2D eigenvalue weighted by atomic mass is 10.0. The van der Waals surface area contributed by atoms with Crippen molar-refractivity contribution in [2.45, 2.75) is 39.0 Å². The molecule has 5 heteroatoms. The molecular weight excluding hydrogens is 350 g/mol. The van der Waals surface area contributed by atoms with Gasteiger partial charge in [-0.3, -0.25) is 0 Å². The van der Waals surface area contributed by atoms with E-state index in [-0.39, 0.29) is 0 Å². The number of aryl methyl sites for hydroxylation is 1. The highest BCUT2D eigenvalue weighted by Gasteiger charge is 2.24. The van der Waals surface area contributed by atoms with E-state index >= 15 is 0 Å². The Labute approximate surface area is 164 Å². The average Bonchev–Trinajstić information content (AvgIpc) is 3.37. The van der Waals surface area contributed by atoms with E-state index in [2.05, 4.69) is 34.1 Å². The standard InChI is InChI=1S/C23H25N3O2/c1-2-7-17-21-18(28-25-17)10-11-20(23(21)26-14-4-3-5-15-26)27-19-9-6-8-16-12-13-24-22(16)19/h6,8-13,24H,2-5,7,14-15H2,1H3. The van der Waals surface area contributed by atoms with Crippen LogP contribution in [-0.4, -0.2) is 23.2 Å². The number of aromatic nitrogens is 2. The van der Waals surface area contributed by atoms with Gasteiger partial charge in [-0.2, -0.15) is 0 Å². The van der Waals surface area contributed by atoms with E-state index in [9.17, 15) is 0 Å². The predicted molar refractivity (Wildman–Crippen MR) is 112 cm³/mol. The number of hydrogen-bond acceptors (Lipinski definition) is 4. The number of nitrogens with one attached hydrogen (secondary N) is 1. The summed E-state index contributed by atoms with van der Waals surface area (Å²) in [5, 5.41) is 6.63. The van der Waals surface area contributed by atoms with Crippen molar-refractivity contribution in [2.24, 2.45) is 0 Å². The Morgan fingerprint density at radius 3 is 2.82 bits per heavy atom. The first kappa shape index (κ1) is 17.2. The van der Waals surface area contributed by atoms with Gasteiger partial charge in [0.2, 0.25) is 0 Å². The molecule has 0 saturated carbocycles. The van der Waals surface area contributed by atoms with Crippen LogP contribution in [0.1, 0.15) is 38.3 Å². The second-order valence-electron chi connectivity index (χ2n) is 7.51. The maximum absolute atomic E-state index is 6.50. The molecule has 2 aromatic heterocycles. The molecule has 0 aliphatic carbocycles. The van der Waals surface area contributed by atoms with Crippen LogP contribution in [-0.2, 0) is 6.42 Å². The summed E-state index contributed by atoms with van der Waals surface area (Å²) >= 11 is 0. The maximum atomic E-state index is 6.50. The molecule has 5 nitrogen and oxygen atoms in total. The Kier molecular flexibility index (Phi) is 4.43. The summed E-state index contributed by atoms with van der Waals surface area (Å²) < 4.78 is 12.2. The van der Waals surface area contributed by atoms with E-state index in [0.29, 0.717) is 0 Å². The molecule has 28 heavy (non-hydrogen) atoms. The van der Waals surface area contributed by atoms with Crippen molar-refractivity contribution in [1.82, 2.24) is 10.1 Å². The van der Waals surface area contributed by atoms with Gasteiger partial charge >= 0.3 is 0 Å². The van der Waals surface area contributed by atoms with Gasteiger partial charge in [-0.1, -0.05) is 30.6 Å². The molecule has 1 aliphatic rings. The van der Waals surface area contributed by atoms with Crippen LogP contribution in [0.5, 0.6) is 11.5 Å². The van der Waals surface area contributed by atoms with Crippen molar-refractivity contribution < 1.29 is 9.26 Å². The number of fused-ring (bicyclic) bond motifs is 2. The van der Waals surface area contributed by atoms with Crippen LogP contribution >= 0.6 is 0 Å². The summed E-state index contributed by atoms with van der Waals surface area (Å²) in [5.41, 5.74) is 4.02. The molecule has 1 saturated heterocycles. The van der Waals surface area contributed by atoms with Crippen molar-refractivity contribution in [2.75, 3.05) is 18.0 Å². The molecule has 2 aromatic carbocycles. The summed E-state index contributed by atoms with van der Waals surface area (Å²) in [6, 6.07) is 12.2. The van der Waals surface area contributed by atoms with Gasteiger partial charge in [0.15, 0.2) is 17.1 Å². The van der Waals surface area contributed by atoms with Crippen molar-refractivity contribution in [3.63, 3.8) is 0 Å². The van der Waals surface area contributed by atoms with Crippen molar-refractivity contribution in [3.8, 4) is 11.5 Å². The Morgan fingerprint density at radius 1 is 1.07 bits per heavy atom. The SMILES string of the molecule is CCCc1noc2ccc(Oc3cccc4cc[nH]c34)c(N3CCCCC3)c12. The molecule has 0 bridgehead atoms. The molecule has 1 fully saturated rings. The number of rotatable bonds is 5. The molecule has 0 radical (unpaired) electrons. The highest BCUT2D eigenvalue weighted by atomic mass is 16.5. The Hall–Kier alpha value is -2.95. The zero-order valence-corrected chi connectivity index (χ0v) is 16.2. The fraction of sp³-hybridized carbons (Fsp3) is 0.348. The highest BCUT2D eigenvalue weighted by Crippen LogP contribution is 2.42. The summed E-state index contributed by atoms with van der Waals surface area (Å²) in [4.78, 5) is 5.75. The van der Waals surface area contributed by atoms with E-state index in [1.807, 2.05) is 30.5 Å². The van der Waals surface area contributed by atoms with Crippen molar-refractivity contribution in [3.05, 3.63) is 48.3 Å². The largest absolute Gasteiger partial charge is 0.453 e. The first-order valence-electron chi connectivity index (χ1n) is 10.3. The molecule has 1 N–H and O–H groups in total. The fourth-order valence-electron chi connectivity index (χ4n) is 4.24. The van der Waals surface area contributed by atoms with E-state index in [1.165, 1.54) is 19.3 Å². The number of H-pyrrole nitrogens is 1. The van der Waals surface area contributed by atoms with Crippen LogP contribution in [0, 0.1) is 0 Å². The molecule has 4 aromatic rings. The minimum Gasteiger partial charge on any atom is -0.453 e. The summed E-state index contributed by atoms with van der Waals surface area (Å²) in [7, 11) is 0. The van der Waals surface area contributed by atoms with Crippen LogP contribution in [0.2, 0.25) is 0 Å². The molecular formula is C23H25N3O2. The molecule has 5 rings (SSSR count). The normalized spacial score (nSPS) is 14.8. The predicted octanol–water partition coefficient (Wildman–Crippen LogP) is 6.04. The van der Waals surface area contributed by atoms with E-state index in [1.54, 1.807) is 0 Å². The molecule has 0 spiro atoms. The van der Waals surface area contributed by atoms with Gasteiger partial charge in [0.05, 0.1) is 22.3 Å². The number of aromatic amines is 1. The van der Waals surface area contributed by atoms with Crippen LogP contribution in [0.4, 0.5) is 5.69 Å². The van der Waals surface area contributed by atoms with Gasteiger partial charge in [0.1, 0.15) is 0 Å². The number of benzene rings is 2. The molecule has 144 valence electrons. The number of ether oxygens (including phenoxy) is 1. The van der Waals surface area contributed by atoms with Gasteiger partial charge in [0.25, 0.3) is 0 Å². The quantitative estimate of drug-likeness (QED) is 0.462. The van der Waals surface area contributed by atoms with Crippen molar-refractivity contribution in [1.29, 1.82) is 0 Å². The van der Waals surface area contributed by atoms with E-state index in [4.69, 9.17) is 9.26 Å². The highest BCUT2D eigenvalue weighted by molar-refractivity contribution is 5.97. The first-order chi connectivity index (χ1) is 13.8. The third kappa shape index (κ3) is 2.91. The molecule has 3 heterocycles. The zero-order chi connectivity index (χ0) is 18.9. The minimum atomic E-state index is 0.841. The van der Waals surface area contributed by atoms with Gasteiger partial charge in [-0.25, -0.2) is 0 Å². The second-order valence-corrected chi connectivity index (χ2v) is 7.51.